The molecular formula is C16H31IN6O. The number of hydrogen-bond acceptors (Lipinski definition) is 4. The lowest BCUT2D eigenvalue weighted by atomic mass is 10.2. The number of nitrogens with zero attached hydrogens (tertiary/aromatic N) is 4. The quantitative estimate of drug-likeness (QED) is 0.283. The highest BCUT2D eigenvalue weighted by atomic mass is 127. The maximum absolute atomic E-state index is 5.50. The molecule has 1 aromatic heterocycles. The highest BCUT2D eigenvalue weighted by molar-refractivity contribution is 14.0. The minimum absolute atomic E-state index is 0. The molecule has 1 aromatic rings. The molecule has 0 aliphatic carbocycles. The predicted molar refractivity (Wildman–Crippen MR) is 108 cm³/mol. The summed E-state index contributed by atoms with van der Waals surface area (Å²) in [6, 6.07) is 2.88. The van der Waals surface area contributed by atoms with Crippen molar-refractivity contribution in [3.05, 3.63) is 18.5 Å². The summed E-state index contributed by atoms with van der Waals surface area (Å²) in [5.41, 5.74) is 0. The lowest BCUT2D eigenvalue weighted by Gasteiger charge is -2.38. The molecule has 7 nitrogen and oxygen atoms in total. The smallest absolute Gasteiger partial charge is 0.191 e. The van der Waals surface area contributed by atoms with E-state index in [0.29, 0.717) is 12.1 Å². The Labute approximate surface area is 162 Å². The van der Waals surface area contributed by atoms with Gasteiger partial charge in [0.15, 0.2) is 5.96 Å². The zero-order valence-electron chi connectivity index (χ0n) is 14.9. The number of nitrogens with one attached hydrogen (secondary N) is 2. The first kappa shape index (κ1) is 21.2. The molecule has 24 heavy (non-hydrogen) atoms. The Bertz CT molecular complexity index is 467. The Morgan fingerprint density at radius 2 is 2.29 bits per heavy atom. The van der Waals surface area contributed by atoms with Gasteiger partial charge in [0, 0.05) is 57.7 Å². The van der Waals surface area contributed by atoms with E-state index < -0.39 is 0 Å². The van der Waals surface area contributed by atoms with Gasteiger partial charge in [-0.25, -0.2) is 0 Å². The van der Waals surface area contributed by atoms with Gasteiger partial charge in [-0.15, -0.1) is 24.0 Å². The van der Waals surface area contributed by atoms with Gasteiger partial charge in [0.05, 0.1) is 13.2 Å². The van der Waals surface area contributed by atoms with Gasteiger partial charge in [0.2, 0.25) is 0 Å². The Morgan fingerprint density at radius 1 is 1.46 bits per heavy atom. The van der Waals surface area contributed by atoms with Crippen molar-refractivity contribution in [1.29, 1.82) is 0 Å². The molecule has 0 amide bonds. The number of halogens is 1. The number of morpholine rings is 1. The SMILES string of the molecule is CN=C(NCCCn1cccn1)NCC(C)N1CCOCC1C.I. The van der Waals surface area contributed by atoms with E-state index in [1.54, 1.807) is 0 Å². The summed E-state index contributed by atoms with van der Waals surface area (Å²) in [5.74, 6) is 0.859. The molecule has 8 heteroatoms. The molecule has 1 aliphatic rings. The number of ether oxygens (including phenoxy) is 1. The molecule has 0 spiro atoms. The first-order valence-electron chi connectivity index (χ1n) is 8.46. The van der Waals surface area contributed by atoms with Crippen LogP contribution in [0.3, 0.4) is 0 Å². The Morgan fingerprint density at radius 3 is 2.96 bits per heavy atom. The van der Waals surface area contributed by atoms with Crippen LogP contribution >= 0.6 is 24.0 Å². The van der Waals surface area contributed by atoms with E-state index in [1.165, 1.54) is 0 Å². The predicted octanol–water partition coefficient (Wildman–Crippen LogP) is 1.17. The average Bonchev–Trinajstić information content (AvgIpc) is 3.07. The van der Waals surface area contributed by atoms with Gasteiger partial charge in [-0.2, -0.15) is 5.10 Å². The molecule has 1 saturated heterocycles. The molecule has 0 bridgehead atoms. The summed E-state index contributed by atoms with van der Waals surface area (Å²) >= 11 is 0. The fourth-order valence-corrected chi connectivity index (χ4v) is 2.86. The molecule has 2 heterocycles. The van der Waals surface area contributed by atoms with Gasteiger partial charge < -0.3 is 15.4 Å². The third-order valence-corrected chi connectivity index (χ3v) is 4.19. The third kappa shape index (κ3) is 6.94. The van der Waals surface area contributed by atoms with Gasteiger partial charge in [-0.05, 0) is 26.3 Å². The van der Waals surface area contributed by atoms with Crippen molar-refractivity contribution < 1.29 is 4.74 Å². The second-order valence-corrected chi connectivity index (χ2v) is 6.01. The van der Waals surface area contributed by atoms with Gasteiger partial charge in [0.25, 0.3) is 0 Å². The lowest BCUT2D eigenvalue weighted by Crippen LogP contribution is -2.53. The van der Waals surface area contributed by atoms with Crippen LogP contribution in [-0.2, 0) is 11.3 Å². The summed E-state index contributed by atoms with van der Waals surface area (Å²) in [4.78, 5) is 6.78. The highest BCUT2D eigenvalue weighted by Gasteiger charge is 2.23. The van der Waals surface area contributed by atoms with Crippen LogP contribution in [0.4, 0.5) is 0 Å². The number of aromatic nitrogens is 2. The monoisotopic (exact) mass is 450 g/mol. The van der Waals surface area contributed by atoms with Gasteiger partial charge in [0.1, 0.15) is 0 Å². The maximum Gasteiger partial charge on any atom is 0.191 e. The first-order chi connectivity index (χ1) is 11.2. The Balaban J connectivity index is 0.00000288. The minimum Gasteiger partial charge on any atom is -0.379 e. The van der Waals surface area contributed by atoms with Crippen molar-refractivity contribution in [3.8, 4) is 0 Å². The summed E-state index contributed by atoms with van der Waals surface area (Å²) in [6.07, 6.45) is 4.80. The number of aryl methyl sites for hydroxylation is 1. The zero-order chi connectivity index (χ0) is 16.5. The third-order valence-electron chi connectivity index (χ3n) is 4.19. The Kier molecular flexibility index (Phi) is 10.3. The topological polar surface area (TPSA) is 66.7 Å². The van der Waals surface area contributed by atoms with Crippen LogP contribution < -0.4 is 10.6 Å². The molecule has 2 rings (SSSR count). The van der Waals surface area contributed by atoms with E-state index in [0.717, 1.165) is 51.8 Å². The largest absolute Gasteiger partial charge is 0.379 e. The van der Waals surface area contributed by atoms with Gasteiger partial charge >= 0.3 is 0 Å². The van der Waals surface area contributed by atoms with Crippen LogP contribution in [0.2, 0.25) is 0 Å². The van der Waals surface area contributed by atoms with Gasteiger partial charge in [-0.3, -0.25) is 14.6 Å². The molecule has 2 unspecified atom stereocenters. The molecule has 0 aromatic carbocycles. The standard InChI is InChI=1S/C16H30N6O.HI/c1-14(22-10-11-23-13-15(22)2)12-19-16(17-3)18-6-4-8-21-9-5-7-20-21;/h5,7,9,14-15H,4,6,8,10-13H2,1-3H3,(H2,17,18,19);1H. The molecule has 0 radical (unpaired) electrons. The van der Waals surface area contributed by atoms with E-state index >= 15 is 0 Å². The number of aliphatic imine (C=N–C) groups is 1. The van der Waals surface area contributed by atoms with E-state index in [4.69, 9.17) is 4.74 Å². The molecule has 1 aliphatic heterocycles. The lowest BCUT2D eigenvalue weighted by molar-refractivity contribution is -0.0174. The summed E-state index contributed by atoms with van der Waals surface area (Å²) in [7, 11) is 1.81. The Hall–Kier alpha value is -0.870. The number of guanidine groups is 1. The summed E-state index contributed by atoms with van der Waals surface area (Å²) in [6.45, 7) is 9.79. The van der Waals surface area contributed by atoms with Crippen LogP contribution in [0.5, 0.6) is 0 Å². The second-order valence-electron chi connectivity index (χ2n) is 6.01. The molecule has 2 N–H and O–H groups in total. The molecule has 138 valence electrons. The van der Waals surface area contributed by atoms with Crippen LogP contribution in [-0.4, -0.2) is 72.6 Å². The van der Waals surface area contributed by atoms with Crippen LogP contribution in [0, 0.1) is 0 Å². The normalized spacial score (nSPS) is 20.3. The van der Waals surface area contributed by atoms with Crippen LogP contribution in [0.1, 0.15) is 20.3 Å². The average molecular weight is 450 g/mol. The van der Waals surface area contributed by atoms with Crippen LogP contribution in [0.25, 0.3) is 0 Å². The fourth-order valence-electron chi connectivity index (χ4n) is 2.86. The molecule has 0 saturated carbocycles. The van der Waals surface area contributed by atoms with Crippen molar-refractivity contribution in [2.45, 2.75) is 38.9 Å². The van der Waals surface area contributed by atoms with E-state index in [-0.39, 0.29) is 24.0 Å². The second kappa shape index (κ2) is 11.6. The summed E-state index contributed by atoms with van der Waals surface area (Å²) < 4.78 is 7.44. The van der Waals surface area contributed by atoms with Crippen molar-refractivity contribution in [1.82, 2.24) is 25.3 Å². The van der Waals surface area contributed by atoms with E-state index in [9.17, 15) is 0 Å². The minimum atomic E-state index is 0. The molecule has 2 atom stereocenters. The van der Waals surface area contributed by atoms with E-state index in [1.807, 2.05) is 30.2 Å². The summed E-state index contributed by atoms with van der Waals surface area (Å²) in [5, 5.41) is 11.0. The first-order valence-corrected chi connectivity index (χ1v) is 8.46. The molecule has 1 fully saturated rings. The fraction of sp³-hybridized carbons (Fsp3) is 0.750. The van der Waals surface area contributed by atoms with Crippen molar-refractivity contribution in [2.75, 3.05) is 39.9 Å². The highest BCUT2D eigenvalue weighted by Crippen LogP contribution is 2.09. The number of hydrogen-bond donors (Lipinski definition) is 2. The van der Waals surface area contributed by atoms with Crippen molar-refractivity contribution in [3.63, 3.8) is 0 Å². The van der Waals surface area contributed by atoms with Crippen LogP contribution in [0.15, 0.2) is 23.5 Å². The van der Waals surface area contributed by atoms with Gasteiger partial charge in [-0.1, -0.05) is 0 Å². The molecular weight excluding hydrogens is 419 g/mol. The van der Waals surface area contributed by atoms with Crippen molar-refractivity contribution >= 4 is 29.9 Å². The maximum atomic E-state index is 5.50. The number of rotatable bonds is 7. The van der Waals surface area contributed by atoms with E-state index in [2.05, 4.69) is 39.5 Å². The zero-order valence-corrected chi connectivity index (χ0v) is 17.3. The van der Waals surface area contributed by atoms with Crippen molar-refractivity contribution in [2.24, 2.45) is 4.99 Å².